The smallest absolute Gasteiger partial charge is 0.220 e. The van der Waals surface area contributed by atoms with Gasteiger partial charge in [-0.3, -0.25) is 4.79 Å². The molecular formula is C14H26N2O. The minimum Gasteiger partial charge on any atom is -0.356 e. The second kappa shape index (κ2) is 5.85. The lowest BCUT2D eigenvalue weighted by Crippen LogP contribution is -2.40. The lowest BCUT2D eigenvalue weighted by atomic mass is 9.70. The SMILES string of the molecule is CC1(CNC(=O)CCC2CCCNC2)CCC1. The maximum absolute atomic E-state index is 11.7. The highest BCUT2D eigenvalue weighted by Crippen LogP contribution is 2.39. The van der Waals surface area contributed by atoms with Gasteiger partial charge in [-0.05, 0) is 56.5 Å². The Hall–Kier alpha value is -0.570. The van der Waals surface area contributed by atoms with Gasteiger partial charge in [-0.1, -0.05) is 13.3 Å². The molecule has 1 aliphatic heterocycles. The average Bonchev–Trinajstić information content (AvgIpc) is 2.33. The number of hydrogen-bond acceptors (Lipinski definition) is 2. The van der Waals surface area contributed by atoms with Gasteiger partial charge in [-0.25, -0.2) is 0 Å². The van der Waals surface area contributed by atoms with Crippen molar-refractivity contribution in [1.29, 1.82) is 0 Å². The molecule has 2 aliphatic rings. The number of carbonyl (C=O) groups excluding carboxylic acids is 1. The third-order valence-electron chi connectivity index (χ3n) is 4.45. The number of hydrogen-bond donors (Lipinski definition) is 2. The van der Waals surface area contributed by atoms with Crippen LogP contribution in [0.3, 0.4) is 0 Å². The van der Waals surface area contributed by atoms with Crippen LogP contribution in [0.25, 0.3) is 0 Å². The predicted octanol–water partition coefficient (Wildman–Crippen LogP) is 2.07. The first kappa shape index (κ1) is 12.9. The molecule has 0 aromatic heterocycles. The fourth-order valence-corrected chi connectivity index (χ4v) is 2.86. The highest BCUT2D eigenvalue weighted by molar-refractivity contribution is 5.75. The molecule has 3 heteroatoms. The summed E-state index contributed by atoms with van der Waals surface area (Å²) in [4.78, 5) is 11.7. The summed E-state index contributed by atoms with van der Waals surface area (Å²) in [6, 6.07) is 0. The second-order valence-corrected chi connectivity index (χ2v) is 6.19. The quantitative estimate of drug-likeness (QED) is 0.770. The monoisotopic (exact) mass is 238 g/mol. The first-order valence-corrected chi connectivity index (χ1v) is 7.15. The van der Waals surface area contributed by atoms with Gasteiger partial charge in [0.15, 0.2) is 0 Å². The molecule has 3 nitrogen and oxygen atoms in total. The van der Waals surface area contributed by atoms with E-state index < -0.39 is 0 Å². The lowest BCUT2D eigenvalue weighted by Gasteiger charge is -2.38. The Morgan fingerprint density at radius 1 is 1.41 bits per heavy atom. The van der Waals surface area contributed by atoms with Crippen LogP contribution in [0.2, 0.25) is 0 Å². The highest BCUT2D eigenvalue weighted by atomic mass is 16.1. The molecule has 1 saturated carbocycles. The number of piperidine rings is 1. The standard InChI is InChI=1S/C14H26N2O/c1-14(7-3-8-14)11-16-13(17)6-5-12-4-2-9-15-10-12/h12,15H,2-11H2,1H3,(H,16,17). The van der Waals surface area contributed by atoms with E-state index in [9.17, 15) is 4.79 Å². The predicted molar refractivity (Wildman–Crippen MR) is 69.8 cm³/mol. The fraction of sp³-hybridized carbons (Fsp3) is 0.929. The van der Waals surface area contributed by atoms with Gasteiger partial charge in [0.1, 0.15) is 0 Å². The summed E-state index contributed by atoms with van der Waals surface area (Å²) < 4.78 is 0. The maximum Gasteiger partial charge on any atom is 0.220 e. The van der Waals surface area contributed by atoms with Gasteiger partial charge in [0.25, 0.3) is 0 Å². The van der Waals surface area contributed by atoms with Crippen molar-refractivity contribution in [3.63, 3.8) is 0 Å². The largest absolute Gasteiger partial charge is 0.356 e. The van der Waals surface area contributed by atoms with Crippen LogP contribution in [0.1, 0.15) is 51.9 Å². The van der Waals surface area contributed by atoms with Gasteiger partial charge in [0.05, 0.1) is 0 Å². The molecule has 0 aromatic rings. The number of amides is 1. The van der Waals surface area contributed by atoms with Gasteiger partial charge >= 0.3 is 0 Å². The molecule has 1 atom stereocenters. The summed E-state index contributed by atoms with van der Waals surface area (Å²) in [6.45, 7) is 5.42. The molecular weight excluding hydrogens is 212 g/mol. The zero-order valence-corrected chi connectivity index (χ0v) is 11.1. The fourth-order valence-electron chi connectivity index (χ4n) is 2.86. The second-order valence-electron chi connectivity index (χ2n) is 6.19. The van der Waals surface area contributed by atoms with Crippen LogP contribution in [-0.2, 0) is 4.79 Å². The molecule has 1 aliphatic carbocycles. The molecule has 0 spiro atoms. The summed E-state index contributed by atoms with van der Waals surface area (Å²) in [5, 5.41) is 6.51. The third-order valence-corrected chi connectivity index (χ3v) is 4.45. The summed E-state index contributed by atoms with van der Waals surface area (Å²) in [5.74, 6) is 0.970. The minimum atomic E-state index is 0.253. The van der Waals surface area contributed by atoms with Crippen molar-refractivity contribution in [2.45, 2.75) is 51.9 Å². The van der Waals surface area contributed by atoms with Crippen molar-refractivity contribution in [2.75, 3.05) is 19.6 Å². The van der Waals surface area contributed by atoms with Crippen molar-refractivity contribution in [2.24, 2.45) is 11.3 Å². The average molecular weight is 238 g/mol. The van der Waals surface area contributed by atoms with E-state index in [0.29, 0.717) is 17.8 Å². The van der Waals surface area contributed by atoms with E-state index in [1.165, 1.54) is 32.1 Å². The molecule has 17 heavy (non-hydrogen) atoms. The molecule has 1 heterocycles. The lowest BCUT2D eigenvalue weighted by molar-refractivity contribution is -0.122. The Balaban J connectivity index is 1.57. The normalized spacial score (nSPS) is 27.2. The number of rotatable bonds is 5. The molecule has 1 unspecified atom stereocenters. The molecule has 2 N–H and O–H groups in total. The van der Waals surface area contributed by atoms with Gasteiger partial charge in [-0.15, -0.1) is 0 Å². The van der Waals surface area contributed by atoms with Crippen LogP contribution in [0.5, 0.6) is 0 Å². The molecule has 2 fully saturated rings. The van der Waals surface area contributed by atoms with Crippen molar-refractivity contribution in [3.05, 3.63) is 0 Å². The number of carbonyl (C=O) groups is 1. The Bertz CT molecular complexity index is 255. The van der Waals surface area contributed by atoms with Crippen LogP contribution in [0.4, 0.5) is 0 Å². The van der Waals surface area contributed by atoms with E-state index in [4.69, 9.17) is 0 Å². The summed E-state index contributed by atoms with van der Waals surface area (Å²) in [7, 11) is 0. The van der Waals surface area contributed by atoms with Gasteiger partial charge in [-0.2, -0.15) is 0 Å². The van der Waals surface area contributed by atoms with Crippen molar-refractivity contribution in [1.82, 2.24) is 10.6 Å². The van der Waals surface area contributed by atoms with E-state index in [2.05, 4.69) is 17.6 Å². The van der Waals surface area contributed by atoms with E-state index in [1.807, 2.05) is 0 Å². The Labute approximate surface area is 105 Å². The topological polar surface area (TPSA) is 41.1 Å². The van der Waals surface area contributed by atoms with Crippen LogP contribution in [-0.4, -0.2) is 25.5 Å². The summed E-state index contributed by atoms with van der Waals surface area (Å²) in [5.41, 5.74) is 0.405. The molecule has 0 bridgehead atoms. The van der Waals surface area contributed by atoms with Gasteiger partial charge in [0, 0.05) is 13.0 Å². The number of nitrogens with one attached hydrogen (secondary N) is 2. The van der Waals surface area contributed by atoms with Crippen molar-refractivity contribution >= 4 is 5.91 Å². The van der Waals surface area contributed by atoms with E-state index in [1.54, 1.807) is 0 Å². The van der Waals surface area contributed by atoms with Crippen molar-refractivity contribution < 1.29 is 4.79 Å². The van der Waals surface area contributed by atoms with E-state index in [0.717, 1.165) is 26.1 Å². The highest BCUT2D eigenvalue weighted by Gasteiger charge is 2.31. The third kappa shape index (κ3) is 3.98. The summed E-state index contributed by atoms with van der Waals surface area (Å²) in [6.07, 6.45) is 8.21. The van der Waals surface area contributed by atoms with Crippen LogP contribution < -0.4 is 10.6 Å². The van der Waals surface area contributed by atoms with E-state index in [-0.39, 0.29) is 5.91 Å². The molecule has 0 aromatic carbocycles. The first-order valence-electron chi connectivity index (χ1n) is 7.15. The van der Waals surface area contributed by atoms with E-state index >= 15 is 0 Å². The molecule has 1 saturated heterocycles. The molecule has 98 valence electrons. The Morgan fingerprint density at radius 2 is 2.24 bits per heavy atom. The summed E-state index contributed by atoms with van der Waals surface area (Å²) >= 11 is 0. The molecule has 1 amide bonds. The van der Waals surface area contributed by atoms with Crippen LogP contribution in [0, 0.1) is 11.3 Å². The molecule has 0 radical (unpaired) electrons. The van der Waals surface area contributed by atoms with Crippen LogP contribution in [0.15, 0.2) is 0 Å². The Kier molecular flexibility index (Phi) is 4.43. The van der Waals surface area contributed by atoms with Gasteiger partial charge < -0.3 is 10.6 Å². The first-order chi connectivity index (χ1) is 8.18. The minimum absolute atomic E-state index is 0.253. The zero-order valence-electron chi connectivity index (χ0n) is 11.1. The zero-order chi connectivity index (χ0) is 12.1. The molecule has 2 rings (SSSR count). The maximum atomic E-state index is 11.7. The van der Waals surface area contributed by atoms with Crippen molar-refractivity contribution in [3.8, 4) is 0 Å². The van der Waals surface area contributed by atoms with Gasteiger partial charge in [0.2, 0.25) is 5.91 Å². The van der Waals surface area contributed by atoms with Crippen LogP contribution >= 0.6 is 0 Å². The Morgan fingerprint density at radius 3 is 2.82 bits per heavy atom.